The number of rotatable bonds is 4. The van der Waals surface area contributed by atoms with Crippen molar-refractivity contribution in [2.45, 2.75) is 26.7 Å². The Morgan fingerprint density at radius 1 is 1.32 bits per heavy atom. The second kappa shape index (κ2) is 5.14. The summed E-state index contributed by atoms with van der Waals surface area (Å²) in [6.45, 7) is 3.81. The number of aliphatic carboxylic acids is 1. The Hall–Kier alpha value is -2.30. The zero-order valence-electron chi connectivity index (χ0n) is 10.9. The Labute approximate surface area is 110 Å². The molecule has 0 saturated carbocycles. The van der Waals surface area contributed by atoms with E-state index in [1.54, 1.807) is 11.6 Å². The highest BCUT2D eigenvalue weighted by Crippen LogP contribution is 2.13. The van der Waals surface area contributed by atoms with Crippen LogP contribution in [0.1, 0.15) is 23.7 Å². The Kier molecular flexibility index (Phi) is 3.55. The lowest BCUT2D eigenvalue weighted by molar-refractivity contribution is -0.136. The number of nitrogens with zero attached hydrogens (tertiary/aromatic N) is 1. The smallest absolute Gasteiger partial charge is 0.308 e. The zero-order chi connectivity index (χ0) is 14.0. The van der Waals surface area contributed by atoms with Crippen molar-refractivity contribution >= 4 is 5.97 Å². The van der Waals surface area contributed by atoms with Crippen LogP contribution in [-0.4, -0.2) is 20.9 Å². The third kappa shape index (κ3) is 2.59. The summed E-state index contributed by atoms with van der Waals surface area (Å²) in [7, 11) is 0. The summed E-state index contributed by atoms with van der Waals surface area (Å²) in [5, 5.41) is 11.5. The van der Waals surface area contributed by atoms with Crippen molar-refractivity contribution in [3.05, 3.63) is 51.4 Å². The summed E-state index contributed by atoms with van der Waals surface area (Å²) >= 11 is 0. The van der Waals surface area contributed by atoms with Gasteiger partial charge in [0.15, 0.2) is 0 Å². The molecule has 0 aliphatic carbocycles. The maximum atomic E-state index is 11.8. The highest BCUT2D eigenvalue weighted by atomic mass is 16.4. The molecule has 2 aromatic rings. The summed E-state index contributed by atoms with van der Waals surface area (Å²) < 4.78 is 1.63. The Morgan fingerprint density at radius 3 is 2.47 bits per heavy atom. The molecule has 0 aliphatic rings. The first-order valence-electron chi connectivity index (χ1n) is 6.14. The van der Waals surface area contributed by atoms with E-state index in [2.05, 4.69) is 12.0 Å². The number of aromatic amines is 1. The van der Waals surface area contributed by atoms with Crippen LogP contribution in [0.25, 0.3) is 5.69 Å². The molecule has 0 unspecified atom stereocenters. The average molecular weight is 260 g/mol. The molecule has 2 N–H and O–H groups in total. The van der Waals surface area contributed by atoms with E-state index in [0.29, 0.717) is 11.3 Å². The van der Waals surface area contributed by atoms with Gasteiger partial charge in [-0.1, -0.05) is 19.1 Å². The number of benzene rings is 1. The number of carboxylic acids is 1. The van der Waals surface area contributed by atoms with E-state index in [1.165, 1.54) is 5.56 Å². The third-order valence-corrected chi connectivity index (χ3v) is 3.19. The van der Waals surface area contributed by atoms with Gasteiger partial charge in [0.2, 0.25) is 0 Å². The van der Waals surface area contributed by atoms with Crippen molar-refractivity contribution in [3.8, 4) is 5.69 Å². The molecular formula is C14H16N2O3. The summed E-state index contributed by atoms with van der Waals surface area (Å²) in [6.07, 6.45) is 0.687. The molecule has 100 valence electrons. The van der Waals surface area contributed by atoms with Gasteiger partial charge in [0.05, 0.1) is 17.7 Å². The number of H-pyrrole nitrogens is 1. The first kappa shape index (κ1) is 13.1. The summed E-state index contributed by atoms with van der Waals surface area (Å²) in [5.41, 5.74) is 2.62. The van der Waals surface area contributed by atoms with Crippen molar-refractivity contribution < 1.29 is 9.90 Å². The van der Waals surface area contributed by atoms with Crippen LogP contribution in [0.5, 0.6) is 0 Å². The highest BCUT2D eigenvalue weighted by Gasteiger charge is 2.14. The lowest BCUT2D eigenvalue weighted by Gasteiger charge is -2.06. The molecule has 0 bridgehead atoms. The van der Waals surface area contributed by atoms with Crippen molar-refractivity contribution in [2.24, 2.45) is 0 Å². The highest BCUT2D eigenvalue weighted by molar-refractivity contribution is 5.70. The van der Waals surface area contributed by atoms with Gasteiger partial charge in [-0.15, -0.1) is 0 Å². The number of hydrogen-bond acceptors (Lipinski definition) is 2. The van der Waals surface area contributed by atoms with E-state index in [9.17, 15) is 9.59 Å². The van der Waals surface area contributed by atoms with E-state index in [1.807, 2.05) is 24.3 Å². The van der Waals surface area contributed by atoms with Crippen molar-refractivity contribution in [3.63, 3.8) is 0 Å². The van der Waals surface area contributed by atoms with Gasteiger partial charge >= 0.3 is 5.97 Å². The van der Waals surface area contributed by atoms with Gasteiger partial charge in [-0.2, -0.15) is 0 Å². The number of nitrogens with one attached hydrogen (secondary N) is 1. The number of aryl methyl sites for hydroxylation is 1. The van der Waals surface area contributed by atoms with E-state index in [4.69, 9.17) is 5.11 Å². The van der Waals surface area contributed by atoms with E-state index < -0.39 is 5.97 Å². The van der Waals surface area contributed by atoms with Crippen LogP contribution in [0.3, 0.4) is 0 Å². The molecule has 0 radical (unpaired) electrons. The van der Waals surface area contributed by atoms with Gasteiger partial charge in [0.25, 0.3) is 5.56 Å². The molecule has 2 rings (SSSR count). The molecule has 5 nitrogen and oxygen atoms in total. The number of carboxylic acid groups (broad SMARTS) is 1. The summed E-state index contributed by atoms with van der Waals surface area (Å²) in [4.78, 5) is 22.5. The van der Waals surface area contributed by atoms with Crippen LogP contribution >= 0.6 is 0 Å². The Morgan fingerprint density at radius 2 is 1.95 bits per heavy atom. The standard InChI is InChI=1S/C14H16N2O3/c1-3-10-4-6-11(7-5-10)16-9(2)12(8-13(17)18)14(19)15-16/h4-7H,3,8H2,1-2H3,(H,15,19)(H,17,18). The molecule has 5 heteroatoms. The van der Waals surface area contributed by atoms with Gasteiger partial charge in [0.1, 0.15) is 0 Å². The summed E-state index contributed by atoms with van der Waals surface area (Å²) in [6, 6.07) is 7.80. The Balaban J connectivity index is 2.45. The van der Waals surface area contributed by atoms with E-state index in [-0.39, 0.29) is 12.0 Å². The second-order valence-electron chi connectivity index (χ2n) is 4.43. The van der Waals surface area contributed by atoms with E-state index >= 15 is 0 Å². The molecule has 0 spiro atoms. The van der Waals surface area contributed by atoms with Gasteiger partial charge in [-0.05, 0) is 31.0 Å². The fourth-order valence-corrected chi connectivity index (χ4v) is 2.05. The molecule has 1 heterocycles. The second-order valence-corrected chi connectivity index (χ2v) is 4.43. The minimum absolute atomic E-state index is 0.263. The minimum Gasteiger partial charge on any atom is -0.481 e. The normalized spacial score (nSPS) is 10.6. The fraction of sp³-hybridized carbons (Fsp3) is 0.286. The average Bonchev–Trinajstić information content (AvgIpc) is 2.66. The van der Waals surface area contributed by atoms with Crippen LogP contribution in [-0.2, 0) is 17.6 Å². The molecule has 0 saturated heterocycles. The molecule has 0 atom stereocenters. The predicted octanol–water partition coefficient (Wildman–Crippen LogP) is 1.66. The molecule has 1 aromatic carbocycles. The SMILES string of the molecule is CCc1ccc(-n2[nH]c(=O)c(CC(=O)O)c2C)cc1. The van der Waals surface area contributed by atoms with Crippen LogP contribution < -0.4 is 5.56 Å². The minimum atomic E-state index is -1.01. The molecule has 19 heavy (non-hydrogen) atoms. The molecule has 0 aliphatic heterocycles. The van der Waals surface area contributed by atoms with Crippen LogP contribution in [0, 0.1) is 6.92 Å². The van der Waals surface area contributed by atoms with Gasteiger partial charge in [-0.3, -0.25) is 19.4 Å². The number of carbonyl (C=O) groups is 1. The molecule has 0 amide bonds. The lowest BCUT2D eigenvalue weighted by atomic mass is 10.1. The molecule has 1 aromatic heterocycles. The quantitative estimate of drug-likeness (QED) is 0.878. The van der Waals surface area contributed by atoms with Gasteiger partial charge in [0, 0.05) is 5.69 Å². The molecule has 0 fully saturated rings. The Bertz CT molecular complexity index is 650. The maximum Gasteiger partial charge on any atom is 0.308 e. The van der Waals surface area contributed by atoms with Crippen molar-refractivity contribution in [1.29, 1.82) is 0 Å². The van der Waals surface area contributed by atoms with Crippen LogP contribution in [0.2, 0.25) is 0 Å². The predicted molar refractivity (Wildman–Crippen MR) is 71.8 cm³/mol. The van der Waals surface area contributed by atoms with Crippen molar-refractivity contribution in [2.75, 3.05) is 0 Å². The van der Waals surface area contributed by atoms with Crippen LogP contribution in [0.4, 0.5) is 0 Å². The van der Waals surface area contributed by atoms with Gasteiger partial charge in [-0.25, -0.2) is 0 Å². The fourth-order valence-electron chi connectivity index (χ4n) is 2.05. The maximum absolute atomic E-state index is 11.8. The topological polar surface area (TPSA) is 75.1 Å². The van der Waals surface area contributed by atoms with Gasteiger partial charge < -0.3 is 5.11 Å². The lowest BCUT2D eigenvalue weighted by Crippen LogP contribution is -2.11. The van der Waals surface area contributed by atoms with Crippen LogP contribution in [0.15, 0.2) is 29.1 Å². The van der Waals surface area contributed by atoms with E-state index in [0.717, 1.165) is 12.1 Å². The third-order valence-electron chi connectivity index (χ3n) is 3.19. The number of aromatic nitrogens is 2. The first-order chi connectivity index (χ1) is 9.02. The molecular weight excluding hydrogens is 244 g/mol. The summed E-state index contributed by atoms with van der Waals surface area (Å²) in [5.74, 6) is -1.01. The zero-order valence-corrected chi connectivity index (χ0v) is 10.9. The first-order valence-corrected chi connectivity index (χ1v) is 6.14. The monoisotopic (exact) mass is 260 g/mol. The van der Waals surface area contributed by atoms with Crippen molar-refractivity contribution in [1.82, 2.24) is 9.78 Å². The largest absolute Gasteiger partial charge is 0.481 e. The number of hydrogen-bond donors (Lipinski definition) is 2.